The molecular weight excluding hydrogens is 315 g/mol. The first-order chi connectivity index (χ1) is 11.1. The largest absolute Gasteiger partial charge is 0.326 e. The van der Waals surface area contributed by atoms with Gasteiger partial charge in [-0.15, -0.1) is 11.8 Å². The molecule has 4 nitrogen and oxygen atoms in total. The number of carbonyl (C=O) groups is 2. The highest BCUT2D eigenvalue weighted by molar-refractivity contribution is 8.00. The Morgan fingerprint density at radius 3 is 2.57 bits per heavy atom. The van der Waals surface area contributed by atoms with Crippen molar-refractivity contribution in [2.75, 3.05) is 16.0 Å². The van der Waals surface area contributed by atoms with Crippen molar-refractivity contribution in [3.05, 3.63) is 59.9 Å². The van der Waals surface area contributed by atoms with Crippen LogP contribution in [0.4, 0.5) is 15.8 Å². The Morgan fingerprint density at radius 1 is 1.22 bits per heavy atom. The van der Waals surface area contributed by atoms with Crippen molar-refractivity contribution in [3.63, 3.8) is 0 Å². The highest BCUT2D eigenvalue weighted by Crippen LogP contribution is 2.42. The molecule has 1 saturated heterocycles. The van der Waals surface area contributed by atoms with Crippen LogP contribution >= 0.6 is 11.8 Å². The Bertz CT molecular complexity index is 749. The quantitative estimate of drug-likeness (QED) is 0.936. The van der Waals surface area contributed by atoms with Gasteiger partial charge in [0.1, 0.15) is 11.2 Å². The number of halogens is 1. The van der Waals surface area contributed by atoms with Crippen molar-refractivity contribution in [2.24, 2.45) is 0 Å². The monoisotopic (exact) mass is 330 g/mol. The van der Waals surface area contributed by atoms with Crippen LogP contribution < -0.4 is 10.2 Å². The van der Waals surface area contributed by atoms with E-state index in [1.54, 1.807) is 30.3 Å². The minimum absolute atomic E-state index is 0.115. The fraction of sp³-hybridized carbons (Fsp3) is 0.176. The van der Waals surface area contributed by atoms with Gasteiger partial charge in [0.05, 0.1) is 11.4 Å². The number of para-hydroxylation sites is 1. The van der Waals surface area contributed by atoms with E-state index in [1.165, 1.54) is 29.7 Å². The molecule has 2 aromatic carbocycles. The molecule has 1 N–H and O–H groups in total. The van der Waals surface area contributed by atoms with Crippen LogP contribution in [0, 0.1) is 5.82 Å². The summed E-state index contributed by atoms with van der Waals surface area (Å²) in [5.41, 5.74) is 1.87. The zero-order valence-corrected chi connectivity index (χ0v) is 13.3. The molecule has 0 radical (unpaired) electrons. The van der Waals surface area contributed by atoms with E-state index in [4.69, 9.17) is 0 Å². The number of hydrogen-bond donors (Lipinski definition) is 1. The predicted octanol–water partition coefficient (Wildman–Crippen LogP) is 3.56. The van der Waals surface area contributed by atoms with Gasteiger partial charge >= 0.3 is 0 Å². The van der Waals surface area contributed by atoms with Crippen LogP contribution in [0.3, 0.4) is 0 Å². The van der Waals surface area contributed by atoms with E-state index in [0.717, 1.165) is 5.56 Å². The molecule has 0 spiro atoms. The van der Waals surface area contributed by atoms with Gasteiger partial charge in [0.25, 0.3) is 0 Å². The molecule has 1 atom stereocenters. The number of thioether (sulfide) groups is 1. The second-order valence-electron chi connectivity index (χ2n) is 5.18. The van der Waals surface area contributed by atoms with Crippen molar-refractivity contribution < 1.29 is 14.0 Å². The lowest BCUT2D eigenvalue weighted by Crippen LogP contribution is -2.28. The number of anilines is 2. The van der Waals surface area contributed by atoms with Crippen molar-refractivity contribution in [3.8, 4) is 0 Å². The number of nitrogens with zero attached hydrogens (tertiary/aromatic N) is 1. The van der Waals surface area contributed by atoms with Gasteiger partial charge in [-0.25, -0.2) is 4.39 Å². The number of hydrogen-bond acceptors (Lipinski definition) is 3. The van der Waals surface area contributed by atoms with E-state index in [0.29, 0.717) is 17.1 Å². The number of rotatable bonds is 3. The molecule has 1 aliphatic rings. The third-order valence-corrected chi connectivity index (χ3v) is 4.71. The maximum atomic E-state index is 14.1. The Balaban J connectivity index is 1.90. The molecule has 6 heteroatoms. The van der Waals surface area contributed by atoms with E-state index in [1.807, 2.05) is 12.1 Å². The summed E-state index contributed by atoms with van der Waals surface area (Å²) in [6, 6.07) is 13.5. The van der Waals surface area contributed by atoms with Gasteiger partial charge in [-0.1, -0.05) is 24.3 Å². The van der Waals surface area contributed by atoms with Gasteiger partial charge < -0.3 is 5.32 Å². The molecule has 0 aliphatic carbocycles. The van der Waals surface area contributed by atoms with Gasteiger partial charge in [0, 0.05) is 12.6 Å². The lowest BCUT2D eigenvalue weighted by atomic mass is 10.1. The highest BCUT2D eigenvalue weighted by atomic mass is 32.2. The Labute approximate surface area is 137 Å². The molecular formula is C17H15FN2O2S. The summed E-state index contributed by atoms with van der Waals surface area (Å²) in [6.45, 7) is 1.44. The van der Waals surface area contributed by atoms with Crippen molar-refractivity contribution in [1.29, 1.82) is 0 Å². The first kappa shape index (κ1) is 15.6. The molecule has 0 bridgehead atoms. The van der Waals surface area contributed by atoms with E-state index in [9.17, 15) is 14.0 Å². The first-order valence-electron chi connectivity index (χ1n) is 7.12. The van der Waals surface area contributed by atoms with Crippen LogP contribution in [-0.4, -0.2) is 17.6 Å². The van der Waals surface area contributed by atoms with E-state index in [2.05, 4.69) is 5.32 Å². The minimum Gasteiger partial charge on any atom is -0.326 e. The third-order valence-electron chi connectivity index (χ3n) is 3.50. The van der Waals surface area contributed by atoms with Gasteiger partial charge in [0.15, 0.2) is 0 Å². The SMILES string of the molecule is CC(=O)Nc1ccc([C@@H]2SCC(=O)N2c2ccccc2F)cc1. The van der Waals surface area contributed by atoms with Crippen LogP contribution in [0.2, 0.25) is 0 Å². The van der Waals surface area contributed by atoms with Crippen LogP contribution in [0.25, 0.3) is 0 Å². The average molecular weight is 330 g/mol. The molecule has 2 amide bonds. The number of carbonyl (C=O) groups excluding carboxylic acids is 2. The van der Waals surface area contributed by atoms with Crippen molar-refractivity contribution >= 4 is 35.0 Å². The molecule has 1 aliphatic heterocycles. The number of benzene rings is 2. The third kappa shape index (κ3) is 3.22. The minimum atomic E-state index is -0.414. The normalized spacial score (nSPS) is 17.4. The second kappa shape index (κ2) is 6.42. The molecule has 0 aromatic heterocycles. The van der Waals surface area contributed by atoms with Crippen molar-refractivity contribution in [1.82, 2.24) is 0 Å². The van der Waals surface area contributed by atoms with Gasteiger partial charge in [-0.3, -0.25) is 14.5 Å². The summed E-state index contributed by atoms with van der Waals surface area (Å²) in [4.78, 5) is 24.8. The average Bonchev–Trinajstić information content (AvgIpc) is 2.90. The molecule has 3 rings (SSSR count). The number of amides is 2. The topological polar surface area (TPSA) is 49.4 Å². The maximum absolute atomic E-state index is 14.1. The Kier molecular flexibility index (Phi) is 4.34. The van der Waals surface area contributed by atoms with Gasteiger partial charge in [-0.2, -0.15) is 0 Å². The van der Waals surface area contributed by atoms with Crippen LogP contribution in [-0.2, 0) is 9.59 Å². The smallest absolute Gasteiger partial charge is 0.238 e. The van der Waals surface area contributed by atoms with E-state index < -0.39 is 5.82 Å². The van der Waals surface area contributed by atoms with Gasteiger partial charge in [0.2, 0.25) is 11.8 Å². The Hall–Kier alpha value is -2.34. The summed E-state index contributed by atoms with van der Waals surface area (Å²) < 4.78 is 14.1. The summed E-state index contributed by atoms with van der Waals surface area (Å²) in [5.74, 6) is -0.359. The number of nitrogens with one attached hydrogen (secondary N) is 1. The molecule has 23 heavy (non-hydrogen) atoms. The van der Waals surface area contributed by atoms with E-state index in [-0.39, 0.29) is 17.2 Å². The lowest BCUT2D eigenvalue weighted by molar-refractivity contribution is -0.116. The zero-order chi connectivity index (χ0) is 16.4. The molecule has 0 saturated carbocycles. The van der Waals surface area contributed by atoms with Crippen LogP contribution in [0.1, 0.15) is 17.9 Å². The van der Waals surface area contributed by atoms with Crippen LogP contribution in [0.5, 0.6) is 0 Å². The highest BCUT2D eigenvalue weighted by Gasteiger charge is 2.35. The summed E-state index contributed by atoms with van der Waals surface area (Å²) >= 11 is 1.46. The summed E-state index contributed by atoms with van der Waals surface area (Å²) in [5, 5.41) is 2.42. The lowest BCUT2D eigenvalue weighted by Gasteiger charge is -2.24. The summed E-state index contributed by atoms with van der Waals surface area (Å²) in [6.07, 6.45) is 0. The molecule has 2 aromatic rings. The standard InChI is InChI=1S/C17H15FN2O2S/c1-11(21)19-13-8-6-12(7-9-13)17-20(16(22)10-23-17)15-5-3-2-4-14(15)18/h2-9,17H,10H2,1H3,(H,19,21)/t17-/m0/s1. The zero-order valence-electron chi connectivity index (χ0n) is 12.5. The Morgan fingerprint density at radius 2 is 1.91 bits per heavy atom. The molecule has 1 fully saturated rings. The van der Waals surface area contributed by atoms with E-state index >= 15 is 0 Å². The predicted molar refractivity (Wildman–Crippen MR) is 89.8 cm³/mol. The fourth-order valence-electron chi connectivity index (χ4n) is 2.51. The van der Waals surface area contributed by atoms with Crippen molar-refractivity contribution in [2.45, 2.75) is 12.3 Å². The molecule has 118 valence electrons. The molecule has 0 unspecified atom stereocenters. The first-order valence-corrected chi connectivity index (χ1v) is 8.17. The summed E-state index contributed by atoms with van der Waals surface area (Å²) in [7, 11) is 0. The second-order valence-corrected chi connectivity index (χ2v) is 6.25. The molecule has 1 heterocycles. The fourth-order valence-corrected chi connectivity index (χ4v) is 3.68. The van der Waals surface area contributed by atoms with Crippen LogP contribution in [0.15, 0.2) is 48.5 Å². The van der Waals surface area contributed by atoms with Gasteiger partial charge in [-0.05, 0) is 29.8 Å². The maximum Gasteiger partial charge on any atom is 0.238 e.